The van der Waals surface area contributed by atoms with Crippen LogP contribution in [0, 0.1) is 6.92 Å². The van der Waals surface area contributed by atoms with Crippen molar-refractivity contribution in [1.82, 2.24) is 5.32 Å². The first-order valence-corrected chi connectivity index (χ1v) is 7.30. The van der Waals surface area contributed by atoms with Crippen LogP contribution in [0.1, 0.15) is 30.9 Å². The molecule has 0 radical (unpaired) electrons. The van der Waals surface area contributed by atoms with Crippen molar-refractivity contribution < 1.29 is 14.6 Å². The van der Waals surface area contributed by atoms with E-state index in [1.807, 2.05) is 19.2 Å². The third-order valence-corrected chi connectivity index (χ3v) is 2.97. The summed E-state index contributed by atoms with van der Waals surface area (Å²) in [5, 5.41) is 12.9. The standard InChI is InChI=1S/C16H27NO3/c1-4-5-8-19-11-15(18)12-20-16-7-6-13(2)9-14(16)10-17-3/h6-7,9,15,17-18H,4-5,8,10-12H2,1-3H3. The van der Waals surface area contributed by atoms with Gasteiger partial charge in [0.2, 0.25) is 0 Å². The Kier molecular flexibility index (Phi) is 8.26. The van der Waals surface area contributed by atoms with E-state index in [-0.39, 0.29) is 6.61 Å². The van der Waals surface area contributed by atoms with E-state index < -0.39 is 6.10 Å². The molecule has 1 rings (SSSR count). The smallest absolute Gasteiger partial charge is 0.123 e. The Morgan fingerprint density at radius 1 is 1.30 bits per heavy atom. The maximum absolute atomic E-state index is 9.82. The van der Waals surface area contributed by atoms with E-state index in [1.165, 1.54) is 5.56 Å². The zero-order chi connectivity index (χ0) is 14.8. The molecule has 0 aliphatic rings. The maximum atomic E-state index is 9.82. The fraction of sp³-hybridized carbons (Fsp3) is 0.625. The number of aliphatic hydroxyl groups is 1. The molecule has 0 aliphatic carbocycles. The molecule has 114 valence electrons. The van der Waals surface area contributed by atoms with Crippen molar-refractivity contribution in [3.05, 3.63) is 29.3 Å². The summed E-state index contributed by atoms with van der Waals surface area (Å²) < 4.78 is 11.1. The predicted octanol–water partition coefficient (Wildman–Crippen LogP) is 2.27. The van der Waals surface area contributed by atoms with Crippen LogP contribution >= 0.6 is 0 Å². The van der Waals surface area contributed by atoms with Gasteiger partial charge in [-0.05, 0) is 26.5 Å². The largest absolute Gasteiger partial charge is 0.490 e. The van der Waals surface area contributed by atoms with Gasteiger partial charge in [0.1, 0.15) is 18.5 Å². The van der Waals surface area contributed by atoms with Crippen molar-refractivity contribution in [3.63, 3.8) is 0 Å². The van der Waals surface area contributed by atoms with Crippen molar-refractivity contribution >= 4 is 0 Å². The average molecular weight is 281 g/mol. The van der Waals surface area contributed by atoms with Crippen LogP contribution in [-0.4, -0.2) is 38.1 Å². The SMILES string of the molecule is CCCCOCC(O)COc1ccc(C)cc1CNC. The summed E-state index contributed by atoms with van der Waals surface area (Å²) in [5.74, 6) is 0.817. The summed E-state index contributed by atoms with van der Waals surface area (Å²) in [6.07, 6.45) is 1.54. The second-order valence-corrected chi connectivity index (χ2v) is 5.03. The molecule has 0 amide bonds. The highest BCUT2D eigenvalue weighted by Gasteiger charge is 2.08. The average Bonchev–Trinajstić information content (AvgIpc) is 2.43. The Balaban J connectivity index is 2.40. The summed E-state index contributed by atoms with van der Waals surface area (Å²) in [5.41, 5.74) is 2.30. The van der Waals surface area contributed by atoms with E-state index in [9.17, 15) is 5.11 Å². The number of benzene rings is 1. The Morgan fingerprint density at radius 2 is 2.10 bits per heavy atom. The minimum Gasteiger partial charge on any atom is -0.490 e. The first-order valence-electron chi connectivity index (χ1n) is 7.30. The summed E-state index contributed by atoms with van der Waals surface area (Å²) in [6.45, 7) is 6.20. The van der Waals surface area contributed by atoms with E-state index in [1.54, 1.807) is 0 Å². The fourth-order valence-corrected chi connectivity index (χ4v) is 1.88. The van der Waals surface area contributed by atoms with Gasteiger partial charge in [-0.25, -0.2) is 0 Å². The Labute approximate surface area is 122 Å². The van der Waals surface area contributed by atoms with Crippen LogP contribution in [0.15, 0.2) is 18.2 Å². The number of hydrogen-bond donors (Lipinski definition) is 2. The van der Waals surface area contributed by atoms with Crippen LogP contribution in [0.4, 0.5) is 0 Å². The molecule has 0 spiro atoms. The van der Waals surface area contributed by atoms with E-state index >= 15 is 0 Å². The lowest BCUT2D eigenvalue weighted by Crippen LogP contribution is -2.24. The fourth-order valence-electron chi connectivity index (χ4n) is 1.88. The summed E-state index contributed by atoms with van der Waals surface area (Å²) in [4.78, 5) is 0. The molecule has 4 nitrogen and oxygen atoms in total. The summed E-state index contributed by atoms with van der Waals surface area (Å²) in [6, 6.07) is 6.06. The van der Waals surface area contributed by atoms with Crippen molar-refractivity contribution in [1.29, 1.82) is 0 Å². The van der Waals surface area contributed by atoms with Gasteiger partial charge in [0.15, 0.2) is 0 Å². The third kappa shape index (κ3) is 6.37. The van der Waals surface area contributed by atoms with Crippen LogP contribution in [-0.2, 0) is 11.3 Å². The quantitative estimate of drug-likeness (QED) is 0.646. The van der Waals surface area contributed by atoms with E-state index in [0.29, 0.717) is 13.2 Å². The van der Waals surface area contributed by atoms with Gasteiger partial charge in [-0.1, -0.05) is 31.0 Å². The molecule has 0 saturated heterocycles. The molecule has 0 saturated carbocycles. The van der Waals surface area contributed by atoms with E-state index in [4.69, 9.17) is 9.47 Å². The van der Waals surface area contributed by atoms with E-state index in [2.05, 4.69) is 25.2 Å². The van der Waals surface area contributed by atoms with Crippen molar-refractivity contribution in [3.8, 4) is 5.75 Å². The van der Waals surface area contributed by atoms with Gasteiger partial charge in [0, 0.05) is 18.7 Å². The zero-order valence-electron chi connectivity index (χ0n) is 12.8. The Bertz CT molecular complexity index is 382. The first kappa shape index (κ1) is 17.0. The van der Waals surface area contributed by atoms with E-state index in [0.717, 1.165) is 30.7 Å². The second-order valence-electron chi connectivity index (χ2n) is 5.03. The molecule has 1 aromatic rings. The second kappa shape index (κ2) is 9.75. The van der Waals surface area contributed by atoms with Crippen LogP contribution in [0.2, 0.25) is 0 Å². The molecule has 4 heteroatoms. The van der Waals surface area contributed by atoms with Gasteiger partial charge >= 0.3 is 0 Å². The lowest BCUT2D eigenvalue weighted by molar-refractivity contribution is 0.0111. The van der Waals surface area contributed by atoms with Crippen molar-refractivity contribution in [2.75, 3.05) is 26.9 Å². The number of hydrogen-bond acceptors (Lipinski definition) is 4. The minimum atomic E-state index is -0.587. The normalized spacial score (nSPS) is 12.4. The van der Waals surface area contributed by atoms with Crippen molar-refractivity contribution in [2.45, 2.75) is 39.3 Å². The number of nitrogens with one attached hydrogen (secondary N) is 1. The Morgan fingerprint density at radius 3 is 2.80 bits per heavy atom. The Hall–Kier alpha value is -1.10. The van der Waals surface area contributed by atoms with Crippen molar-refractivity contribution in [2.24, 2.45) is 0 Å². The number of unbranched alkanes of at least 4 members (excludes halogenated alkanes) is 1. The van der Waals surface area contributed by atoms with Gasteiger partial charge in [0.05, 0.1) is 6.61 Å². The molecular weight excluding hydrogens is 254 g/mol. The molecule has 1 atom stereocenters. The van der Waals surface area contributed by atoms with Crippen LogP contribution in [0.3, 0.4) is 0 Å². The third-order valence-electron chi connectivity index (χ3n) is 2.97. The van der Waals surface area contributed by atoms with Crippen LogP contribution in [0.5, 0.6) is 5.75 Å². The lowest BCUT2D eigenvalue weighted by Gasteiger charge is -2.15. The number of aliphatic hydroxyl groups excluding tert-OH is 1. The maximum Gasteiger partial charge on any atom is 0.123 e. The van der Waals surface area contributed by atoms with Crippen LogP contribution in [0.25, 0.3) is 0 Å². The van der Waals surface area contributed by atoms with Crippen LogP contribution < -0.4 is 10.1 Å². The molecule has 2 N–H and O–H groups in total. The number of rotatable bonds is 10. The molecular formula is C16H27NO3. The monoisotopic (exact) mass is 281 g/mol. The molecule has 0 fully saturated rings. The summed E-state index contributed by atoms with van der Waals surface area (Å²) in [7, 11) is 1.91. The van der Waals surface area contributed by atoms with Gasteiger partial charge < -0.3 is 19.9 Å². The van der Waals surface area contributed by atoms with Gasteiger partial charge in [-0.15, -0.1) is 0 Å². The topological polar surface area (TPSA) is 50.7 Å². The highest BCUT2D eigenvalue weighted by atomic mass is 16.5. The molecule has 0 aliphatic heterocycles. The summed E-state index contributed by atoms with van der Waals surface area (Å²) >= 11 is 0. The lowest BCUT2D eigenvalue weighted by atomic mass is 10.1. The molecule has 1 unspecified atom stereocenters. The molecule has 0 bridgehead atoms. The predicted molar refractivity (Wildman–Crippen MR) is 81.2 cm³/mol. The molecule has 20 heavy (non-hydrogen) atoms. The molecule has 0 heterocycles. The minimum absolute atomic E-state index is 0.256. The highest BCUT2D eigenvalue weighted by Crippen LogP contribution is 2.20. The first-order chi connectivity index (χ1) is 9.67. The molecule has 1 aromatic carbocycles. The highest BCUT2D eigenvalue weighted by molar-refractivity contribution is 5.36. The number of ether oxygens (including phenoxy) is 2. The van der Waals surface area contributed by atoms with Gasteiger partial charge in [-0.2, -0.15) is 0 Å². The number of aryl methyl sites for hydroxylation is 1. The van der Waals surface area contributed by atoms with Gasteiger partial charge in [-0.3, -0.25) is 0 Å². The molecule has 0 aromatic heterocycles. The van der Waals surface area contributed by atoms with Gasteiger partial charge in [0.25, 0.3) is 0 Å². The zero-order valence-corrected chi connectivity index (χ0v) is 12.8.